The number of alkyl carbamates (subject to hydrolysis) is 1. The average Bonchev–Trinajstić information content (AvgIpc) is 3.83. The molecule has 0 aliphatic carbocycles. The van der Waals surface area contributed by atoms with Crippen LogP contribution in [0.15, 0.2) is 53.4 Å². The van der Waals surface area contributed by atoms with E-state index in [4.69, 9.17) is 23.7 Å². The fraction of sp³-hybridized carbons (Fsp3) is 0.600. The van der Waals surface area contributed by atoms with Crippen molar-refractivity contribution in [2.24, 2.45) is 11.3 Å². The van der Waals surface area contributed by atoms with E-state index in [9.17, 15) is 28.2 Å². The van der Waals surface area contributed by atoms with E-state index in [2.05, 4.69) is 5.32 Å². The molecule has 0 aromatic heterocycles. The van der Waals surface area contributed by atoms with Crippen LogP contribution in [-0.4, -0.2) is 111 Å². The maximum atomic E-state index is 14.4. The van der Waals surface area contributed by atoms with Crippen molar-refractivity contribution in [3.63, 3.8) is 0 Å². The van der Waals surface area contributed by atoms with Gasteiger partial charge in [-0.25, -0.2) is 18.0 Å². The smallest absolute Gasteiger partial charge is 0.407 e. The van der Waals surface area contributed by atoms with Crippen LogP contribution in [0.4, 0.5) is 9.59 Å². The Morgan fingerprint density at radius 2 is 1.84 bits per heavy atom. The summed E-state index contributed by atoms with van der Waals surface area (Å²) in [4.78, 5) is 25.9. The number of benzene rings is 2. The monoisotopic (exact) mass is 719 g/mol. The number of sulfonamides is 1. The van der Waals surface area contributed by atoms with Crippen LogP contribution < -0.4 is 14.8 Å². The third-order valence-corrected chi connectivity index (χ3v) is 11.3. The Balaban J connectivity index is 1.42. The molecular formula is C35H49N3O11S. The van der Waals surface area contributed by atoms with Gasteiger partial charge in [0.15, 0.2) is 17.8 Å². The second-order valence-corrected chi connectivity index (χ2v) is 15.6. The lowest BCUT2D eigenvalue weighted by molar-refractivity contribution is -0.0906. The number of unbranched alkanes of at least 4 members (excludes halogenated alkanes) is 1. The third kappa shape index (κ3) is 9.18. The fourth-order valence-corrected chi connectivity index (χ4v) is 8.62. The Labute approximate surface area is 293 Å². The van der Waals surface area contributed by atoms with Gasteiger partial charge in [0, 0.05) is 31.6 Å². The van der Waals surface area contributed by atoms with Crippen molar-refractivity contribution in [3.05, 3.63) is 54.1 Å². The van der Waals surface area contributed by atoms with Crippen molar-refractivity contribution < 1.29 is 51.9 Å². The molecule has 0 saturated carbocycles. The van der Waals surface area contributed by atoms with Crippen molar-refractivity contribution in [1.82, 2.24) is 14.5 Å². The first kappa shape index (κ1) is 37.6. The Morgan fingerprint density at radius 1 is 1.08 bits per heavy atom. The molecule has 2 amide bonds. The molecule has 0 unspecified atom stereocenters. The first-order valence-corrected chi connectivity index (χ1v) is 18.6. The number of amides is 2. The van der Waals surface area contributed by atoms with Crippen LogP contribution in [0, 0.1) is 11.3 Å². The van der Waals surface area contributed by atoms with E-state index < -0.39 is 52.1 Å². The molecule has 0 radical (unpaired) electrons. The summed E-state index contributed by atoms with van der Waals surface area (Å²) in [7, 11) is -4.24. The normalized spacial score (nSPS) is 21.1. The molecule has 276 valence electrons. The number of hydrogen-bond donors (Lipinski definition) is 3. The van der Waals surface area contributed by atoms with Gasteiger partial charge in [-0.2, -0.15) is 4.31 Å². The van der Waals surface area contributed by atoms with Gasteiger partial charge in [0.05, 0.1) is 42.9 Å². The minimum absolute atomic E-state index is 0.0245. The second kappa shape index (κ2) is 16.6. The molecule has 5 atom stereocenters. The SMILES string of the molecule is CCOC(=O)NCCCCC(C)(C)CN(C[C@@H](O)[C@H](Cc1ccccc1)N(C(=O)O)[C@@H]1CO[C@@H]2OCC[C@@H]21)S(=O)(=O)c1ccc2c(c1)OCO2. The van der Waals surface area contributed by atoms with Crippen molar-refractivity contribution in [1.29, 1.82) is 0 Å². The lowest BCUT2D eigenvalue weighted by Gasteiger charge is -2.40. The number of aliphatic hydroxyl groups is 1. The van der Waals surface area contributed by atoms with Crippen molar-refractivity contribution >= 4 is 22.2 Å². The van der Waals surface area contributed by atoms with Crippen LogP contribution in [0.25, 0.3) is 0 Å². The summed E-state index contributed by atoms with van der Waals surface area (Å²) in [5.41, 5.74) is 0.227. The Morgan fingerprint density at radius 3 is 2.58 bits per heavy atom. The van der Waals surface area contributed by atoms with Gasteiger partial charge in [0.25, 0.3) is 0 Å². The molecule has 3 aliphatic rings. The predicted molar refractivity (Wildman–Crippen MR) is 181 cm³/mol. The highest BCUT2D eigenvalue weighted by molar-refractivity contribution is 7.89. The standard InChI is InChI=1S/C35H49N3O11S/c1-4-45-33(40)36-16-9-8-15-35(2,3)22-37(50(43,44)25-12-13-30-31(19-25)49-23-48-30)20-29(39)27(18-24-10-6-5-7-11-24)38(34(41)42)28-21-47-32-26(28)14-17-46-32/h5-7,10-13,19,26-29,32,39H,4,8-9,14-18,20-23H2,1-3H3,(H,36,40)(H,41,42)/t26-,27+,28-,29-,32+/m1/s1. The molecular weight excluding hydrogens is 670 g/mol. The summed E-state index contributed by atoms with van der Waals surface area (Å²) >= 11 is 0. The summed E-state index contributed by atoms with van der Waals surface area (Å²) < 4.78 is 57.4. The fourth-order valence-electron chi connectivity index (χ4n) is 6.96. The minimum Gasteiger partial charge on any atom is -0.465 e. The van der Waals surface area contributed by atoms with E-state index in [1.807, 2.05) is 44.2 Å². The number of carbonyl (C=O) groups is 2. The number of hydrogen-bond acceptors (Lipinski definition) is 10. The van der Waals surface area contributed by atoms with E-state index in [0.29, 0.717) is 50.3 Å². The van der Waals surface area contributed by atoms with Gasteiger partial charge in [-0.05, 0) is 55.7 Å². The number of nitrogens with one attached hydrogen (secondary N) is 1. The maximum absolute atomic E-state index is 14.4. The second-order valence-electron chi connectivity index (χ2n) is 13.7. The van der Waals surface area contributed by atoms with Gasteiger partial charge >= 0.3 is 12.2 Å². The number of fused-ring (bicyclic) bond motifs is 2. The van der Waals surface area contributed by atoms with E-state index in [1.54, 1.807) is 6.92 Å². The number of ether oxygens (including phenoxy) is 5. The van der Waals surface area contributed by atoms with Gasteiger partial charge in [-0.15, -0.1) is 0 Å². The number of aliphatic hydroxyl groups excluding tert-OH is 1. The molecule has 3 aliphatic heterocycles. The van der Waals surface area contributed by atoms with Gasteiger partial charge < -0.3 is 39.2 Å². The Bertz CT molecular complexity index is 1560. The van der Waals surface area contributed by atoms with Crippen molar-refractivity contribution in [2.45, 2.75) is 82.2 Å². The summed E-state index contributed by atoms with van der Waals surface area (Å²) in [6, 6.07) is 12.0. The lowest BCUT2D eigenvalue weighted by Crippen LogP contribution is -2.58. The zero-order valence-electron chi connectivity index (χ0n) is 28.9. The van der Waals surface area contributed by atoms with Crippen LogP contribution in [0.1, 0.15) is 52.0 Å². The molecule has 2 fully saturated rings. The van der Waals surface area contributed by atoms with E-state index in [0.717, 1.165) is 5.56 Å². The van der Waals surface area contributed by atoms with Crippen molar-refractivity contribution in [3.8, 4) is 11.5 Å². The van der Waals surface area contributed by atoms with Gasteiger partial charge in [-0.1, -0.05) is 50.6 Å². The maximum Gasteiger partial charge on any atom is 0.407 e. The van der Waals surface area contributed by atoms with Crippen molar-refractivity contribution in [2.75, 3.05) is 46.2 Å². The van der Waals surface area contributed by atoms with Crippen LogP contribution in [-0.2, 0) is 30.7 Å². The summed E-state index contributed by atoms with van der Waals surface area (Å²) in [5, 5.41) is 25.4. The largest absolute Gasteiger partial charge is 0.465 e. The molecule has 0 spiro atoms. The zero-order chi connectivity index (χ0) is 35.9. The molecule has 15 heteroatoms. The molecule has 2 saturated heterocycles. The number of carbonyl (C=O) groups excluding carboxylic acids is 1. The van der Waals surface area contributed by atoms with E-state index in [1.165, 1.54) is 27.4 Å². The van der Waals surface area contributed by atoms with Crippen LogP contribution in [0.2, 0.25) is 0 Å². The summed E-state index contributed by atoms with van der Waals surface area (Å²) in [5.74, 6) is 0.524. The third-order valence-electron chi connectivity index (χ3n) is 9.48. The van der Waals surface area contributed by atoms with E-state index >= 15 is 0 Å². The lowest BCUT2D eigenvalue weighted by atomic mass is 9.87. The topological polar surface area (TPSA) is 173 Å². The Kier molecular flexibility index (Phi) is 12.5. The van der Waals surface area contributed by atoms with E-state index in [-0.39, 0.29) is 50.3 Å². The number of carboxylic acid groups (broad SMARTS) is 1. The van der Waals surface area contributed by atoms with Crippen LogP contribution in [0.5, 0.6) is 11.5 Å². The highest BCUT2D eigenvalue weighted by atomic mass is 32.2. The first-order valence-electron chi connectivity index (χ1n) is 17.2. The predicted octanol–water partition coefficient (Wildman–Crippen LogP) is 4.06. The molecule has 3 N–H and O–H groups in total. The highest BCUT2D eigenvalue weighted by Gasteiger charge is 2.49. The summed E-state index contributed by atoms with van der Waals surface area (Å²) in [6.45, 7) is 6.50. The number of nitrogens with zero attached hydrogens (tertiary/aromatic N) is 2. The number of rotatable bonds is 17. The molecule has 3 heterocycles. The Hall–Kier alpha value is -3.63. The molecule has 2 aromatic carbocycles. The van der Waals surface area contributed by atoms with Gasteiger partial charge in [-0.3, -0.25) is 4.90 Å². The average molecular weight is 720 g/mol. The molecule has 50 heavy (non-hydrogen) atoms. The van der Waals surface area contributed by atoms with Crippen LogP contribution in [0.3, 0.4) is 0 Å². The van der Waals surface area contributed by atoms with Gasteiger partial charge in [0.1, 0.15) is 0 Å². The van der Waals surface area contributed by atoms with Gasteiger partial charge in [0.2, 0.25) is 16.8 Å². The molecule has 5 rings (SSSR count). The highest BCUT2D eigenvalue weighted by Crippen LogP contribution is 2.38. The summed E-state index contributed by atoms with van der Waals surface area (Å²) in [6.07, 6.45) is -0.932. The minimum atomic E-state index is -4.24. The first-order chi connectivity index (χ1) is 23.9. The molecule has 14 nitrogen and oxygen atoms in total. The zero-order valence-corrected chi connectivity index (χ0v) is 29.7. The quantitative estimate of drug-likeness (QED) is 0.201. The van der Waals surface area contributed by atoms with Crippen LogP contribution >= 0.6 is 0 Å². The molecule has 0 bridgehead atoms. The molecule has 2 aromatic rings.